The minimum atomic E-state index is -0.494. The molecule has 1 saturated heterocycles. The number of carbonyl (C=O) groups excluding carboxylic acids is 1. The smallest absolute Gasteiger partial charge is 0.254 e. The third kappa shape index (κ3) is 4.87. The molecule has 1 aliphatic heterocycles. The molecule has 5 heteroatoms. The van der Waals surface area contributed by atoms with Gasteiger partial charge < -0.3 is 10.1 Å². The average molecular weight is 342 g/mol. The fraction of sp³-hybridized carbons (Fsp3) is 0.350. The average Bonchev–Trinajstić information content (AvgIpc) is 2.67. The molecule has 1 atom stereocenters. The molecular weight excluding hydrogens is 319 g/mol. The second-order valence-electron chi connectivity index (χ2n) is 6.18. The number of morpholine rings is 1. The third-order valence-electron chi connectivity index (χ3n) is 4.49. The minimum absolute atomic E-state index is 0.0861. The molecule has 0 spiro atoms. The molecule has 2 aromatic rings. The maximum absolute atomic E-state index is 13.8. The van der Waals surface area contributed by atoms with Gasteiger partial charge in [-0.15, -0.1) is 0 Å². The van der Waals surface area contributed by atoms with Crippen LogP contribution < -0.4 is 5.32 Å². The van der Waals surface area contributed by atoms with Gasteiger partial charge in [-0.2, -0.15) is 0 Å². The number of hydrogen-bond donors (Lipinski definition) is 1. The van der Waals surface area contributed by atoms with E-state index >= 15 is 0 Å². The first-order valence-electron chi connectivity index (χ1n) is 8.62. The van der Waals surface area contributed by atoms with E-state index in [1.807, 2.05) is 18.2 Å². The van der Waals surface area contributed by atoms with Crippen molar-refractivity contribution in [3.63, 3.8) is 0 Å². The molecule has 1 N–H and O–H groups in total. The van der Waals surface area contributed by atoms with Crippen LogP contribution in [0.3, 0.4) is 0 Å². The fourth-order valence-electron chi connectivity index (χ4n) is 3.11. The SMILES string of the molecule is O=C(NCC(Cc1ccccc1)N1CCOCC1)c1ccccc1F. The van der Waals surface area contributed by atoms with E-state index in [1.165, 1.54) is 17.7 Å². The molecule has 1 fully saturated rings. The van der Waals surface area contributed by atoms with Gasteiger partial charge in [0.05, 0.1) is 18.8 Å². The summed E-state index contributed by atoms with van der Waals surface area (Å²) >= 11 is 0. The maximum Gasteiger partial charge on any atom is 0.254 e. The Morgan fingerprint density at radius 2 is 1.76 bits per heavy atom. The summed E-state index contributed by atoms with van der Waals surface area (Å²) in [5.41, 5.74) is 1.31. The zero-order chi connectivity index (χ0) is 17.5. The molecule has 1 aliphatic rings. The molecule has 3 rings (SSSR count). The Hall–Kier alpha value is -2.24. The zero-order valence-electron chi connectivity index (χ0n) is 14.2. The number of halogens is 1. The number of benzene rings is 2. The molecule has 0 radical (unpaired) electrons. The predicted molar refractivity (Wildman–Crippen MR) is 95.1 cm³/mol. The van der Waals surface area contributed by atoms with Crippen LogP contribution in [0.5, 0.6) is 0 Å². The first-order chi connectivity index (χ1) is 12.2. The van der Waals surface area contributed by atoms with E-state index in [4.69, 9.17) is 4.74 Å². The van der Waals surface area contributed by atoms with Gasteiger partial charge in [0.2, 0.25) is 0 Å². The van der Waals surface area contributed by atoms with Gasteiger partial charge in [0, 0.05) is 25.7 Å². The van der Waals surface area contributed by atoms with Crippen LogP contribution in [0.15, 0.2) is 54.6 Å². The van der Waals surface area contributed by atoms with Gasteiger partial charge in [0.25, 0.3) is 5.91 Å². The molecule has 4 nitrogen and oxygen atoms in total. The highest BCUT2D eigenvalue weighted by molar-refractivity contribution is 5.94. The number of rotatable bonds is 6. The highest BCUT2D eigenvalue weighted by Gasteiger charge is 2.22. The van der Waals surface area contributed by atoms with Crippen LogP contribution in [-0.2, 0) is 11.2 Å². The van der Waals surface area contributed by atoms with E-state index in [0.717, 1.165) is 19.5 Å². The summed E-state index contributed by atoms with van der Waals surface area (Å²) in [4.78, 5) is 14.6. The van der Waals surface area contributed by atoms with Crippen molar-refractivity contribution in [2.24, 2.45) is 0 Å². The lowest BCUT2D eigenvalue weighted by molar-refractivity contribution is 0.0167. The predicted octanol–water partition coefficient (Wildman–Crippen LogP) is 2.50. The largest absolute Gasteiger partial charge is 0.379 e. The summed E-state index contributed by atoms with van der Waals surface area (Å²) in [7, 11) is 0. The first kappa shape index (κ1) is 17.6. The Balaban J connectivity index is 1.66. The van der Waals surface area contributed by atoms with Gasteiger partial charge in [-0.1, -0.05) is 42.5 Å². The summed E-state index contributed by atoms with van der Waals surface area (Å²) in [5, 5.41) is 2.90. The molecule has 132 valence electrons. The van der Waals surface area contributed by atoms with E-state index < -0.39 is 5.82 Å². The number of hydrogen-bond acceptors (Lipinski definition) is 3. The van der Waals surface area contributed by atoms with E-state index in [-0.39, 0.29) is 17.5 Å². The monoisotopic (exact) mass is 342 g/mol. The van der Waals surface area contributed by atoms with Crippen molar-refractivity contribution >= 4 is 5.91 Å². The van der Waals surface area contributed by atoms with Crippen LogP contribution in [-0.4, -0.2) is 49.7 Å². The van der Waals surface area contributed by atoms with Crippen molar-refractivity contribution in [3.8, 4) is 0 Å². The summed E-state index contributed by atoms with van der Waals surface area (Å²) in [5.74, 6) is -0.865. The highest BCUT2D eigenvalue weighted by Crippen LogP contribution is 2.12. The molecule has 1 amide bonds. The number of nitrogens with zero attached hydrogens (tertiary/aromatic N) is 1. The standard InChI is InChI=1S/C20H23FN2O2/c21-19-9-5-4-8-18(19)20(24)22-15-17(23-10-12-25-13-11-23)14-16-6-2-1-3-7-16/h1-9,17H,10-15H2,(H,22,24). The Labute approximate surface area is 147 Å². The Bertz CT molecular complexity index is 687. The van der Waals surface area contributed by atoms with Gasteiger partial charge in [0.1, 0.15) is 5.82 Å². The van der Waals surface area contributed by atoms with Crippen LogP contribution in [0.4, 0.5) is 4.39 Å². The Kier molecular flexibility index (Phi) is 6.14. The number of ether oxygens (including phenoxy) is 1. The van der Waals surface area contributed by atoms with E-state index in [9.17, 15) is 9.18 Å². The third-order valence-corrected chi connectivity index (χ3v) is 4.49. The molecule has 0 bridgehead atoms. The molecule has 0 aromatic heterocycles. The van der Waals surface area contributed by atoms with Gasteiger partial charge in [-0.3, -0.25) is 9.69 Å². The molecule has 2 aromatic carbocycles. The highest BCUT2D eigenvalue weighted by atomic mass is 19.1. The van der Waals surface area contributed by atoms with Gasteiger partial charge in [-0.05, 0) is 24.1 Å². The minimum Gasteiger partial charge on any atom is -0.379 e. The van der Waals surface area contributed by atoms with Crippen molar-refractivity contribution < 1.29 is 13.9 Å². The molecule has 1 heterocycles. The van der Waals surface area contributed by atoms with Crippen LogP contribution in [0.25, 0.3) is 0 Å². The maximum atomic E-state index is 13.8. The lowest BCUT2D eigenvalue weighted by atomic mass is 10.0. The van der Waals surface area contributed by atoms with Crippen LogP contribution in [0.1, 0.15) is 15.9 Å². The fourth-order valence-corrected chi connectivity index (χ4v) is 3.11. The number of amides is 1. The Morgan fingerprint density at radius 1 is 1.08 bits per heavy atom. The molecule has 0 saturated carbocycles. The van der Waals surface area contributed by atoms with Crippen LogP contribution in [0, 0.1) is 5.82 Å². The van der Waals surface area contributed by atoms with Crippen LogP contribution in [0.2, 0.25) is 0 Å². The van der Waals surface area contributed by atoms with E-state index in [2.05, 4.69) is 22.3 Å². The molecule has 25 heavy (non-hydrogen) atoms. The van der Waals surface area contributed by atoms with Gasteiger partial charge in [-0.25, -0.2) is 4.39 Å². The lowest BCUT2D eigenvalue weighted by Gasteiger charge is -2.34. The topological polar surface area (TPSA) is 41.6 Å². The van der Waals surface area contributed by atoms with Crippen molar-refractivity contribution in [1.82, 2.24) is 10.2 Å². The van der Waals surface area contributed by atoms with Crippen molar-refractivity contribution in [1.29, 1.82) is 0 Å². The number of nitrogens with one attached hydrogen (secondary N) is 1. The summed E-state index contributed by atoms with van der Waals surface area (Å²) in [6.07, 6.45) is 0.832. The Morgan fingerprint density at radius 3 is 2.48 bits per heavy atom. The van der Waals surface area contributed by atoms with E-state index in [0.29, 0.717) is 19.8 Å². The van der Waals surface area contributed by atoms with Crippen LogP contribution >= 0.6 is 0 Å². The van der Waals surface area contributed by atoms with E-state index in [1.54, 1.807) is 12.1 Å². The lowest BCUT2D eigenvalue weighted by Crippen LogP contribution is -2.49. The zero-order valence-corrected chi connectivity index (χ0v) is 14.2. The van der Waals surface area contributed by atoms with Crippen molar-refractivity contribution in [2.45, 2.75) is 12.5 Å². The normalized spacial score (nSPS) is 16.4. The van der Waals surface area contributed by atoms with Gasteiger partial charge >= 0.3 is 0 Å². The number of carbonyl (C=O) groups is 1. The van der Waals surface area contributed by atoms with Crippen molar-refractivity contribution in [3.05, 3.63) is 71.5 Å². The van der Waals surface area contributed by atoms with Gasteiger partial charge in [0.15, 0.2) is 0 Å². The first-order valence-corrected chi connectivity index (χ1v) is 8.62. The second-order valence-corrected chi connectivity index (χ2v) is 6.18. The quantitative estimate of drug-likeness (QED) is 0.877. The molecule has 0 aliphatic carbocycles. The second kappa shape index (κ2) is 8.74. The summed E-state index contributed by atoms with van der Waals surface area (Å²) in [6.45, 7) is 3.56. The van der Waals surface area contributed by atoms with Crippen molar-refractivity contribution in [2.75, 3.05) is 32.8 Å². The molecule has 1 unspecified atom stereocenters. The summed E-state index contributed by atoms with van der Waals surface area (Å²) < 4.78 is 19.2. The molecular formula is C20H23FN2O2. The summed E-state index contributed by atoms with van der Waals surface area (Å²) in [6, 6.07) is 16.4.